The Balaban J connectivity index is 1.30. The van der Waals surface area contributed by atoms with E-state index in [1.54, 1.807) is 12.4 Å². The average molecular weight is 325 g/mol. The molecule has 0 unspecified atom stereocenters. The first-order valence-electron chi connectivity index (χ1n) is 8.06. The molecule has 2 N–H and O–H groups in total. The summed E-state index contributed by atoms with van der Waals surface area (Å²) in [6.45, 7) is 1.50. The van der Waals surface area contributed by atoms with Gasteiger partial charge < -0.3 is 10.1 Å². The highest BCUT2D eigenvalue weighted by atomic mass is 16.5. The van der Waals surface area contributed by atoms with Gasteiger partial charge in [-0.15, -0.1) is 0 Å². The summed E-state index contributed by atoms with van der Waals surface area (Å²) in [7, 11) is 0. The Labute approximate surface area is 139 Å². The maximum absolute atomic E-state index is 6.01. The fourth-order valence-corrected chi connectivity index (χ4v) is 2.94. The van der Waals surface area contributed by atoms with Gasteiger partial charge in [0.1, 0.15) is 12.4 Å². The van der Waals surface area contributed by atoms with Crippen LogP contribution in [0.2, 0.25) is 0 Å². The van der Waals surface area contributed by atoms with E-state index in [0.717, 1.165) is 36.7 Å². The van der Waals surface area contributed by atoms with Crippen LogP contribution in [0, 0.1) is 0 Å². The van der Waals surface area contributed by atoms with Crippen LogP contribution in [0.25, 0.3) is 5.82 Å². The van der Waals surface area contributed by atoms with Crippen molar-refractivity contribution in [1.29, 1.82) is 0 Å². The average Bonchev–Trinajstić information content (AvgIpc) is 3.37. The molecule has 1 aliphatic rings. The second kappa shape index (κ2) is 6.90. The van der Waals surface area contributed by atoms with Crippen molar-refractivity contribution in [3.05, 3.63) is 54.5 Å². The van der Waals surface area contributed by atoms with Gasteiger partial charge in [-0.2, -0.15) is 10.2 Å². The topological polar surface area (TPSA) is 93.5 Å². The van der Waals surface area contributed by atoms with Crippen molar-refractivity contribution in [2.45, 2.75) is 31.6 Å². The predicted molar refractivity (Wildman–Crippen MR) is 86.3 cm³/mol. The van der Waals surface area contributed by atoms with Crippen molar-refractivity contribution in [2.75, 3.05) is 6.54 Å². The van der Waals surface area contributed by atoms with E-state index in [9.17, 15) is 0 Å². The molecule has 8 heteroatoms. The van der Waals surface area contributed by atoms with Crippen LogP contribution < -0.4 is 5.32 Å². The van der Waals surface area contributed by atoms with Crippen LogP contribution in [0.5, 0.6) is 0 Å². The minimum atomic E-state index is 0.0262. The fraction of sp³-hybridized carbons (Fsp3) is 0.375. The molecular weight excluding hydrogens is 306 g/mol. The number of hydrogen-bond donors (Lipinski definition) is 2. The lowest BCUT2D eigenvalue weighted by atomic mass is 10.2. The Morgan fingerprint density at radius 2 is 2.21 bits per heavy atom. The minimum Gasteiger partial charge on any atom is -0.366 e. The maximum atomic E-state index is 6.01. The van der Waals surface area contributed by atoms with Crippen molar-refractivity contribution < 1.29 is 4.74 Å². The van der Waals surface area contributed by atoms with E-state index in [2.05, 4.69) is 30.6 Å². The summed E-state index contributed by atoms with van der Waals surface area (Å²) in [6, 6.07) is 7.79. The van der Waals surface area contributed by atoms with Gasteiger partial charge in [-0.3, -0.25) is 5.10 Å². The third kappa shape index (κ3) is 3.19. The summed E-state index contributed by atoms with van der Waals surface area (Å²) in [5, 5.41) is 14.5. The Morgan fingerprint density at radius 3 is 3.04 bits per heavy atom. The van der Waals surface area contributed by atoms with Gasteiger partial charge in [0.2, 0.25) is 0 Å². The standard InChI is InChI=1S/C16H19N7O/c1-2-7-18-15(3-1)23-12(6-8-21-23)9-17-10-13-4-5-14(24-13)16-19-11-20-22-16/h1-3,6-8,11,13-14,17H,4-5,9-10H2,(H,19,20,22)/t13-,14+/m1/s1. The molecule has 0 saturated carbocycles. The van der Waals surface area contributed by atoms with Crippen LogP contribution in [-0.4, -0.2) is 42.6 Å². The van der Waals surface area contributed by atoms with Gasteiger partial charge in [0.05, 0.1) is 11.8 Å². The van der Waals surface area contributed by atoms with E-state index in [1.807, 2.05) is 28.9 Å². The summed E-state index contributed by atoms with van der Waals surface area (Å²) in [4.78, 5) is 8.51. The van der Waals surface area contributed by atoms with Gasteiger partial charge in [-0.1, -0.05) is 6.07 Å². The van der Waals surface area contributed by atoms with Crippen molar-refractivity contribution in [3.63, 3.8) is 0 Å². The molecule has 8 nitrogen and oxygen atoms in total. The van der Waals surface area contributed by atoms with Gasteiger partial charge in [0.25, 0.3) is 0 Å². The summed E-state index contributed by atoms with van der Waals surface area (Å²) in [6.07, 6.45) is 7.26. The molecule has 1 saturated heterocycles. The second-order valence-corrected chi connectivity index (χ2v) is 5.75. The Hall–Kier alpha value is -2.58. The molecule has 4 heterocycles. The monoisotopic (exact) mass is 325 g/mol. The highest BCUT2D eigenvalue weighted by Gasteiger charge is 2.28. The summed E-state index contributed by atoms with van der Waals surface area (Å²) >= 11 is 0. The Bertz CT molecular complexity index is 756. The van der Waals surface area contributed by atoms with Gasteiger partial charge in [-0.25, -0.2) is 14.6 Å². The number of pyridine rings is 1. The highest BCUT2D eigenvalue weighted by Crippen LogP contribution is 2.30. The zero-order chi connectivity index (χ0) is 16.2. The largest absolute Gasteiger partial charge is 0.366 e. The van der Waals surface area contributed by atoms with Crippen LogP contribution in [0.1, 0.15) is 30.5 Å². The third-order valence-electron chi connectivity index (χ3n) is 4.11. The number of nitrogens with zero attached hydrogens (tertiary/aromatic N) is 5. The van der Waals surface area contributed by atoms with Crippen LogP contribution in [0.3, 0.4) is 0 Å². The lowest BCUT2D eigenvalue weighted by Gasteiger charge is -2.13. The molecule has 124 valence electrons. The molecule has 0 bridgehead atoms. The molecule has 3 aromatic heterocycles. The molecule has 0 amide bonds. The lowest BCUT2D eigenvalue weighted by Crippen LogP contribution is -2.27. The molecule has 1 fully saturated rings. The van der Waals surface area contributed by atoms with Crippen LogP contribution in [-0.2, 0) is 11.3 Å². The first-order valence-corrected chi connectivity index (χ1v) is 8.06. The third-order valence-corrected chi connectivity index (χ3v) is 4.11. The van der Waals surface area contributed by atoms with Crippen molar-refractivity contribution >= 4 is 0 Å². The van der Waals surface area contributed by atoms with E-state index < -0.39 is 0 Å². The van der Waals surface area contributed by atoms with Crippen molar-refractivity contribution in [1.82, 2.24) is 35.3 Å². The molecule has 0 radical (unpaired) electrons. The number of aromatic nitrogens is 6. The predicted octanol–water partition coefficient (Wildman–Crippen LogP) is 1.40. The number of H-pyrrole nitrogens is 1. The van der Waals surface area contributed by atoms with Gasteiger partial charge in [0, 0.05) is 25.5 Å². The number of rotatable bonds is 6. The van der Waals surface area contributed by atoms with E-state index >= 15 is 0 Å². The van der Waals surface area contributed by atoms with Gasteiger partial charge in [-0.05, 0) is 31.0 Å². The summed E-state index contributed by atoms with van der Waals surface area (Å²) in [5.41, 5.74) is 1.07. The highest BCUT2D eigenvalue weighted by molar-refractivity contribution is 5.23. The Kier molecular flexibility index (Phi) is 4.30. The molecule has 1 aliphatic heterocycles. The Morgan fingerprint density at radius 1 is 1.21 bits per heavy atom. The molecule has 24 heavy (non-hydrogen) atoms. The number of ether oxygens (including phenoxy) is 1. The second-order valence-electron chi connectivity index (χ2n) is 5.75. The summed E-state index contributed by atoms with van der Waals surface area (Å²) in [5.74, 6) is 1.63. The van der Waals surface area contributed by atoms with E-state index in [-0.39, 0.29) is 12.2 Å². The number of nitrogens with one attached hydrogen (secondary N) is 2. The van der Waals surface area contributed by atoms with E-state index in [1.165, 1.54) is 6.33 Å². The van der Waals surface area contributed by atoms with Crippen molar-refractivity contribution in [2.24, 2.45) is 0 Å². The first-order chi connectivity index (χ1) is 11.9. The van der Waals surface area contributed by atoms with Crippen LogP contribution in [0.4, 0.5) is 0 Å². The number of hydrogen-bond acceptors (Lipinski definition) is 6. The van der Waals surface area contributed by atoms with Gasteiger partial charge >= 0.3 is 0 Å². The molecule has 4 rings (SSSR count). The zero-order valence-corrected chi connectivity index (χ0v) is 13.2. The number of aromatic amines is 1. The van der Waals surface area contributed by atoms with Crippen molar-refractivity contribution in [3.8, 4) is 5.82 Å². The molecule has 2 atom stereocenters. The molecule has 0 spiro atoms. The molecule has 0 aliphatic carbocycles. The van der Waals surface area contributed by atoms with E-state index in [4.69, 9.17) is 4.74 Å². The molecular formula is C16H19N7O. The quantitative estimate of drug-likeness (QED) is 0.711. The first kappa shape index (κ1) is 15.0. The molecule has 3 aromatic rings. The smallest absolute Gasteiger partial charge is 0.153 e. The zero-order valence-electron chi connectivity index (χ0n) is 13.2. The maximum Gasteiger partial charge on any atom is 0.153 e. The SMILES string of the molecule is c1ccc(-n2nccc2CNC[C@H]2CC[C@@H](c3ncn[nH]3)O2)nc1. The van der Waals surface area contributed by atoms with E-state index in [0.29, 0.717) is 6.54 Å². The minimum absolute atomic E-state index is 0.0262. The summed E-state index contributed by atoms with van der Waals surface area (Å²) < 4.78 is 7.86. The lowest BCUT2D eigenvalue weighted by molar-refractivity contribution is 0.0400. The van der Waals surface area contributed by atoms with Gasteiger partial charge in [0.15, 0.2) is 11.6 Å². The fourth-order valence-electron chi connectivity index (χ4n) is 2.94. The molecule has 0 aromatic carbocycles. The van der Waals surface area contributed by atoms with Crippen LogP contribution in [0.15, 0.2) is 43.0 Å². The van der Waals surface area contributed by atoms with Crippen LogP contribution >= 0.6 is 0 Å². The normalized spacial score (nSPS) is 20.5.